The van der Waals surface area contributed by atoms with Gasteiger partial charge in [0.2, 0.25) is 0 Å². The average Bonchev–Trinajstić information content (AvgIpc) is 3.32. The second kappa shape index (κ2) is 10.1. The lowest BCUT2D eigenvalue weighted by Crippen LogP contribution is -2.48. The zero-order valence-corrected chi connectivity index (χ0v) is 18.3. The molecule has 0 bridgehead atoms. The molecule has 7 heteroatoms. The van der Waals surface area contributed by atoms with Gasteiger partial charge in [-0.15, -0.1) is 0 Å². The van der Waals surface area contributed by atoms with Crippen LogP contribution in [-0.4, -0.2) is 78.8 Å². The van der Waals surface area contributed by atoms with Crippen molar-refractivity contribution in [2.45, 2.75) is 19.4 Å². The number of likely N-dealkylation sites (N-methyl/N-ethyl adjacent to an activating group) is 1. The van der Waals surface area contributed by atoms with Crippen LogP contribution in [0.4, 0.5) is 17.1 Å². The molecule has 1 amide bonds. The summed E-state index contributed by atoms with van der Waals surface area (Å²) in [6, 6.07) is 16.4. The van der Waals surface area contributed by atoms with Crippen LogP contribution in [0.2, 0.25) is 0 Å². The number of hydrogen-bond donors (Lipinski definition) is 2. The van der Waals surface area contributed by atoms with Crippen molar-refractivity contribution in [3.8, 4) is 0 Å². The van der Waals surface area contributed by atoms with Crippen molar-refractivity contribution >= 4 is 23.0 Å². The molecule has 2 aromatic rings. The molecule has 2 aliphatic heterocycles. The van der Waals surface area contributed by atoms with E-state index in [1.165, 1.54) is 18.5 Å². The van der Waals surface area contributed by atoms with Crippen LogP contribution in [-0.2, 0) is 11.3 Å². The smallest absolute Gasteiger partial charge is 0.260 e. The van der Waals surface area contributed by atoms with E-state index in [1.54, 1.807) is 0 Å². The van der Waals surface area contributed by atoms with E-state index in [4.69, 9.17) is 0 Å². The highest BCUT2D eigenvalue weighted by molar-refractivity contribution is 5.77. The van der Waals surface area contributed by atoms with Crippen molar-refractivity contribution < 1.29 is 10.0 Å². The van der Waals surface area contributed by atoms with Gasteiger partial charge in [-0.3, -0.25) is 14.9 Å². The van der Waals surface area contributed by atoms with Gasteiger partial charge in [0.05, 0.1) is 13.1 Å². The summed E-state index contributed by atoms with van der Waals surface area (Å²) in [5.41, 5.74) is 4.19. The molecule has 0 aromatic heterocycles. The minimum atomic E-state index is -0.259. The van der Waals surface area contributed by atoms with Gasteiger partial charge < -0.3 is 15.1 Å². The summed E-state index contributed by atoms with van der Waals surface area (Å²) >= 11 is 0. The Kier molecular flexibility index (Phi) is 7.06. The van der Waals surface area contributed by atoms with Crippen LogP contribution in [0, 0.1) is 0 Å². The number of benzene rings is 2. The lowest BCUT2D eigenvalue weighted by atomic mass is 10.2. The molecule has 0 unspecified atom stereocenters. The Morgan fingerprint density at radius 1 is 0.903 bits per heavy atom. The normalized spacial score (nSPS) is 17.7. The molecule has 2 N–H and O–H groups in total. The predicted octanol–water partition coefficient (Wildman–Crippen LogP) is 3.00. The van der Waals surface area contributed by atoms with E-state index in [1.807, 2.05) is 24.3 Å². The average molecular weight is 424 g/mol. The highest BCUT2D eigenvalue weighted by Crippen LogP contribution is 2.24. The number of carbonyl (C=O) groups is 1. The zero-order valence-electron chi connectivity index (χ0n) is 18.3. The largest absolute Gasteiger partial charge is 0.372 e. The van der Waals surface area contributed by atoms with Crippen molar-refractivity contribution in [1.29, 1.82) is 0 Å². The van der Waals surface area contributed by atoms with Crippen molar-refractivity contribution in [2.24, 2.45) is 0 Å². The molecule has 2 fully saturated rings. The molecule has 0 radical (unpaired) electrons. The van der Waals surface area contributed by atoms with Crippen LogP contribution >= 0.6 is 0 Å². The lowest BCUT2D eigenvalue weighted by molar-refractivity contribution is -0.169. The summed E-state index contributed by atoms with van der Waals surface area (Å²) < 4.78 is 0. The van der Waals surface area contributed by atoms with Gasteiger partial charge in [0, 0.05) is 56.3 Å². The summed E-state index contributed by atoms with van der Waals surface area (Å²) in [6.45, 7) is 6.37. The van der Waals surface area contributed by atoms with Gasteiger partial charge in [-0.25, -0.2) is 5.06 Å². The molecule has 0 atom stereocenters. The summed E-state index contributed by atoms with van der Waals surface area (Å²) in [6.07, 6.45) is 2.55. The van der Waals surface area contributed by atoms with Crippen molar-refractivity contribution in [2.75, 3.05) is 63.1 Å². The summed E-state index contributed by atoms with van der Waals surface area (Å²) in [7, 11) is 2.08. The van der Waals surface area contributed by atoms with E-state index in [2.05, 4.69) is 51.3 Å². The third kappa shape index (κ3) is 5.97. The van der Waals surface area contributed by atoms with Crippen LogP contribution in [0.5, 0.6) is 0 Å². The van der Waals surface area contributed by atoms with E-state index in [0.717, 1.165) is 61.3 Å². The third-order valence-electron chi connectivity index (χ3n) is 6.16. The lowest BCUT2D eigenvalue weighted by Gasteiger charge is -2.32. The molecule has 2 saturated heterocycles. The summed E-state index contributed by atoms with van der Waals surface area (Å²) in [5.74, 6) is -0.259. The van der Waals surface area contributed by atoms with Crippen LogP contribution < -0.4 is 10.2 Å². The van der Waals surface area contributed by atoms with Crippen molar-refractivity contribution in [3.05, 3.63) is 54.1 Å². The van der Waals surface area contributed by atoms with Crippen molar-refractivity contribution in [3.63, 3.8) is 0 Å². The molecular formula is C24H33N5O2. The van der Waals surface area contributed by atoms with Crippen LogP contribution in [0.25, 0.3) is 0 Å². The van der Waals surface area contributed by atoms with Crippen LogP contribution in [0.15, 0.2) is 48.5 Å². The molecule has 2 heterocycles. The first kappa shape index (κ1) is 21.6. The molecule has 0 aliphatic carbocycles. The Hall–Kier alpha value is -2.61. The number of rotatable bonds is 7. The van der Waals surface area contributed by atoms with Crippen LogP contribution in [0.1, 0.15) is 18.4 Å². The van der Waals surface area contributed by atoms with Gasteiger partial charge in [-0.2, -0.15) is 0 Å². The van der Waals surface area contributed by atoms with E-state index >= 15 is 0 Å². The minimum Gasteiger partial charge on any atom is -0.372 e. The van der Waals surface area contributed by atoms with Gasteiger partial charge in [0.25, 0.3) is 5.91 Å². The number of hydrogen-bond acceptors (Lipinski definition) is 6. The molecular weight excluding hydrogens is 390 g/mol. The van der Waals surface area contributed by atoms with E-state index in [0.29, 0.717) is 0 Å². The predicted molar refractivity (Wildman–Crippen MR) is 124 cm³/mol. The third-order valence-corrected chi connectivity index (χ3v) is 6.16. The maximum Gasteiger partial charge on any atom is 0.260 e. The highest BCUT2D eigenvalue weighted by Gasteiger charge is 2.19. The fourth-order valence-electron chi connectivity index (χ4n) is 4.13. The monoisotopic (exact) mass is 423 g/mol. The Labute approximate surface area is 184 Å². The number of nitrogens with one attached hydrogen (secondary N) is 1. The second-order valence-electron chi connectivity index (χ2n) is 8.59. The number of piperazine rings is 1. The number of amides is 1. The molecule has 0 spiro atoms. The Balaban J connectivity index is 1.26. The highest BCUT2D eigenvalue weighted by atomic mass is 16.5. The Bertz CT molecular complexity index is 841. The van der Waals surface area contributed by atoms with Gasteiger partial charge in [-0.1, -0.05) is 12.1 Å². The number of anilines is 3. The van der Waals surface area contributed by atoms with E-state index < -0.39 is 0 Å². The number of hydroxylamine groups is 2. The van der Waals surface area contributed by atoms with E-state index in [9.17, 15) is 10.0 Å². The fraction of sp³-hybridized carbons (Fsp3) is 0.458. The second-order valence-corrected chi connectivity index (χ2v) is 8.59. The van der Waals surface area contributed by atoms with Gasteiger partial charge in [-0.05, 0) is 61.9 Å². The van der Waals surface area contributed by atoms with Crippen LogP contribution in [0.3, 0.4) is 0 Å². The first-order valence-corrected chi connectivity index (χ1v) is 11.2. The Morgan fingerprint density at radius 2 is 1.48 bits per heavy atom. The summed E-state index contributed by atoms with van der Waals surface area (Å²) in [5, 5.41) is 14.4. The van der Waals surface area contributed by atoms with E-state index in [-0.39, 0.29) is 19.0 Å². The van der Waals surface area contributed by atoms with Gasteiger partial charge >= 0.3 is 0 Å². The molecule has 0 saturated carbocycles. The fourth-order valence-corrected chi connectivity index (χ4v) is 4.13. The minimum absolute atomic E-state index is 0.192. The maximum atomic E-state index is 12.3. The van der Waals surface area contributed by atoms with Crippen molar-refractivity contribution in [1.82, 2.24) is 14.9 Å². The quantitative estimate of drug-likeness (QED) is 0.527. The number of carbonyl (C=O) groups excluding carboxylic acids is 1. The number of nitrogens with zero attached hydrogens (tertiary/aromatic N) is 4. The zero-order chi connectivity index (χ0) is 21.6. The Morgan fingerprint density at radius 3 is 2.10 bits per heavy atom. The topological polar surface area (TPSA) is 62.3 Å². The maximum absolute atomic E-state index is 12.3. The molecule has 2 aromatic carbocycles. The first-order chi connectivity index (χ1) is 15.1. The first-order valence-electron chi connectivity index (χ1n) is 11.2. The SMILES string of the molecule is CN1CCN(CC(=O)N(O)Cc2ccc(Nc3ccc(N4CCCC4)cc3)cc2)CC1. The van der Waals surface area contributed by atoms with Gasteiger partial charge in [0.15, 0.2) is 0 Å². The van der Waals surface area contributed by atoms with Gasteiger partial charge in [0.1, 0.15) is 0 Å². The molecule has 166 valence electrons. The standard InChI is InChI=1S/C24H33N5O2/c1-26-14-16-27(17-15-26)19-24(30)29(31)18-20-4-6-21(7-5-20)25-22-8-10-23(11-9-22)28-12-2-3-13-28/h4-11,25,31H,2-3,12-19H2,1H3. The molecule has 7 nitrogen and oxygen atoms in total. The molecule has 2 aliphatic rings. The summed E-state index contributed by atoms with van der Waals surface area (Å²) in [4.78, 5) is 19.1. The molecule has 4 rings (SSSR count). The molecule has 31 heavy (non-hydrogen) atoms.